The van der Waals surface area contributed by atoms with Gasteiger partial charge in [-0.25, -0.2) is 13.4 Å². The summed E-state index contributed by atoms with van der Waals surface area (Å²) in [7, 11) is -3.77. The minimum atomic E-state index is -5.19. The van der Waals surface area contributed by atoms with Crippen molar-refractivity contribution < 1.29 is 36.2 Å². The normalized spacial score (nSPS) is 12.8. The number of hydrogen-bond donors (Lipinski definition) is 2. The second-order valence-corrected chi connectivity index (χ2v) is 10.1. The fraction of sp³-hybridized carbons (Fsp3) is 0.158. The van der Waals surface area contributed by atoms with Gasteiger partial charge in [0.15, 0.2) is 15.9 Å². The van der Waals surface area contributed by atoms with E-state index in [0.717, 1.165) is 15.8 Å². The maximum atomic E-state index is 12.6. The Hall–Kier alpha value is -3.53. The molecule has 1 aromatic heterocycles. The Morgan fingerprint density at radius 2 is 1.97 bits per heavy atom. The zero-order chi connectivity index (χ0) is 26.5. The van der Waals surface area contributed by atoms with Crippen LogP contribution >= 0.6 is 27.3 Å². The molecule has 1 aliphatic heterocycles. The predicted molar refractivity (Wildman–Crippen MR) is 124 cm³/mol. The van der Waals surface area contributed by atoms with Crippen LogP contribution in [0.15, 0.2) is 62.5 Å². The minimum Gasteiger partial charge on any atom is -0.542 e. The largest absolute Gasteiger partial charge is 0.542 e. The monoisotopic (exact) mass is 606 g/mol. The van der Waals surface area contributed by atoms with Crippen LogP contribution in [0.3, 0.4) is 0 Å². The van der Waals surface area contributed by atoms with Gasteiger partial charge in [-0.1, -0.05) is 0 Å². The van der Waals surface area contributed by atoms with Gasteiger partial charge in [0.2, 0.25) is 4.91 Å². The molecule has 4 rings (SSSR count). The quantitative estimate of drug-likeness (QED) is 0.330. The minimum absolute atomic E-state index is 0.0959. The molecule has 0 atom stereocenters. The van der Waals surface area contributed by atoms with Gasteiger partial charge < -0.3 is 19.5 Å². The summed E-state index contributed by atoms with van der Waals surface area (Å²) in [5.74, 6) is -2.53. The molecule has 0 saturated carbocycles. The molecule has 0 fully saturated rings. The summed E-state index contributed by atoms with van der Waals surface area (Å²) in [6.45, 7) is 0.991. The van der Waals surface area contributed by atoms with Crippen molar-refractivity contribution in [3.8, 4) is 5.75 Å². The van der Waals surface area contributed by atoms with E-state index in [9.17, 15) is 21.6 Å². The third-order valence-electron chi connectivity index (χ3n) is 4.38. The van der Waals surface area contributed by atoms with Crippen LogP contribution in [0.1, 0.15) is 0 Å². The highest BCUT2D eigenvalue weighted by atomic mass is 79.9. The third kappa shape index (κ3) is 6.57. The summed E-state index contributed by atoms with van der Waals surface area (Å²) in [4.78, 5) is 17.9. The molecule has 0 bridgehead atoms. The average Bonchev–Trinajstić information content (AvgIpc) is 3.31. The second kappa shape index (κ2) is 11.0. The molecule has 0 spiro atoms. The molecule has 0 radical (unpaired) electrons. The molecule has 3 aromatic rings. The number of aromatic nitrogens is 1. The van der Waals surface area contributed by atoms with Crippen LogP contribution in [-0.2, 0) is 14.8 Å². The maximum absolute atomic E-state index is 12.6. The molecule has 190 valence electrons. The standard InChI is InChI=1S/C17H14BrN6O3S2.C2HF3O2/c18-13-9-11(21-23-19)1-3-14(13)24-6-7-27-16-10-12(2-4-15(16)24)29(25,26)22-17-20-5-8-28-17;3-2(4,5)1(6)7/h1-5,8-10,19H,6-7H2,(H,20,22);(H,6,7)/q+1;/p-1. The van der Waals surface area contributed by atoms with Gasteiger partial charge in [0.25, 0.3) is 10.0 Å². The summed E-state index contributed by atoms with van der Waals surface area (Å²) in [6.07, 6.45) is -3.66. The van der Waals surface area contributed by atoms with E-state index in [-0.39, 0.29) is 4.90 Å². The second-order valence-electron chi connectivity index (χ2n) is 6.69. The highest BCUT2D eigenvalue weighted by molar-refractivity contribution is 9.10. The van der Waals surface area contributed by atoms with Gasteiger partial charge in [-0.2, -0.15) is 13.2 Å². The number of carbonyl (C=O) groups excluding carboxylic acids is 1. The lowest BCUT2D eigenvalue weighted by Crippen LogP contribution is -2.37. The number of nitrogens with one attached hydrogen (secondary N) is 2. The van der Waals surface area contributed by atoms with Crippen molar-refractivity contribution in [1.29, 1.82) is 5.53 Å². The molecule has 17 heteroatoms. The molecule has 1 aliphatic rings. The predicted octanol–water partition coefficient (Wildman–Crippen LogP) is 3.72. The van der Waals surface area contributed by atoms with Gasteiger partial charge in [-0.15, -0.1) is 11.3 Å². The first-order valence-corrected chi connectivity index (χ1v) is 12.7. The van der Waals surface area contributed by atoms with Crippen molar-refractivity contribution in [3.05, 3.63) is 52.4 Å². The number of carbonyl (C=O) groups is 1. The van der Waals surface area contributed by atoms with E-state index in [1.54, 1.807) is 23.6 Å². The van der Waals surface area contributed by atoms with Crippen LogP contribution < -0.4 is 24.4 Å². The van der Waals surface area contributed by atoms with E-state index >= 15 is 0 Å². The highest BCUT2D eigenvalue weighted by Gasteiger charge is 2.29. The zero-order valence-electron chi connectivity index (χ0n) is 17.7. The molecule has 36 heavy (non-hydrogen) atoms. The first-order chi connectivity index (χ1) is 16.9. The van der Waals surface area contributed by atoms with Crippen molar-refractivity contribution in [2.75, 3.05) is 22.8 Å². The number of anilines is 3. The molecule has 0 unspecified atom stereocenters. The smallest absolute Gasteiger partial charge is 0.430 e. The summed E-state index contributed by atoms with van der Waals surface area (Å²) < 4.78 is 65.8. The number of sulfonamides is 1. The average molecular weight is 607 g/mol. The Morgan fingerprint density at radius 1 is 1.28 bits per heavy atom. The SMILES string of the molecule is N=[N+]=Nc1ccc(N2CCOc3cc(S(=O)(=O)Nc4nccs4)ccc32)c(Br)c1.O=C([O-])C(F)(F)F. The van der Waals surface area contributed by atoms with Gasteiger partial charge >= 0.3 is 6.18 Å². The first-order valence-electron chi connectivity index (χ1n) is 9.54. The lowest BCUT2D eigenvalue weighted by Gasteiger charge is -2.32. The Bertz CT molecular complexity index is 1410. The van der Waals surface area contributed by atoms with Crippen molar-refractivity contribution in [3.63, 3.8) is 0 Å². The Kier molecular flexibility index (Phi) is 8.29. The van der Waals surface area contributed by atoms with Crippen LogP contribution in [0.4, 0.5) is 35.4 Å². The number of hydrogen-bond acceptors (Lipinski definition) is 10. The summed E-state index contributed by atoms with van der Waals surface area (Å²) in [5, 5.41) is 14.5. The fourth-order valence-electron chi connectivity index (χ4n) is 2.90. The topological polar surface area (TPSA) is 162 Å². The summed E-state index contributed by atoms with van der Waals surface area (Å²) in [5.41, 5.74) is 9.02. The molecular formula is C19H14BrF3N6O5S2. The van der Waals surface area contributed by atoms with E-state index in [1.165, 1.54) is 29.7 Å². The van der Waals surface area contributed by atoms with Crippen molar-refractivity contribution >= 4 is 65.5 Å². The van der Waals surface area contributed by atoms with Crippen LogP contribution in [0, 0.1) is 5.53 Å². The number of fused-ring (bicyclic) bond motifs is 1. The van der Waals surface area contributed by atoms with E-state index in [1.807, 2.05) is 11.0 Å². The van der Waals surface area contributed by atoms with Crippen LogP contribution in [0.25, 0.3) is 0 Å². The number of alkyl halides is 3. The van der Waals surface area contributed by atoms with Gasteiger partial charge in [-0.05, 0) is 46.3 Å². The molecule has 0 aliphatic carbocycles. The molecule has 2 aromatic carbocycles. The van der Waals surface area contributed by atoms with Crippen LogP contribution in [0.2, 0.25) is 0 Å². The third-order valence-corrected chi connectivity index (χ3v) is 7.17. The summed E-state index contributed by atoms with van der Waals surface area (Å²) >= 11 is 4.73. The van der Waals surface area contributed by atoms with Crippen molar-refractivity contribution in [2.24, 2.45) is 5.11 Å². The number of thiazole rings is 1. The maximum Gasteiger partial charge on any atom is 0.430 e. The fourth-order valence-corrected chi connectivity index (χ4v) is 5.28. The lowest BCUT2D eigenvalue weighted by molar-refractivity contribution is -0.344. The number of carboxylic acids is 1. The molecule has 2 heterocycles. The molecule has 0 saturated heterocycles. The molecular weight excluding hydrogens is 593 g/mol. The first kappa shape index (κ1) is 27.1. The number of ether oxygens (including phenoxy) is 1. The van der Waals surface area contributed by atoms with Crippen molar-refractivity contribution in [1.82, 2.24) is 9.90 Å². The number of benzene rings is 2. The van der Waals surface area contributed by atoms with E-state index in [0.29, 0.717) is 29.7 Å². The zero-order valence-corrected chi connectivity index (χ0v) is 20.9. The Morgan fingerprint density at radius 3 is 2.56 bits per heavy atom. The van der Waals surface area contributed by atoms with Crippen molar-refractivity contribution in [2.45, 2.75) is 11.1 Å². The Balaban J connectivity index is 0.000000454. The number of rotatable bonds is 5. The van der Waals surface area contributed by atoms with Gasteiger partial charge in [0.1, 0.15) is 23.9 Å². The molecule has 11 nitrogen and oxygen atoms in total. The number of carboxylic acid groups (broad SMARTS) is 1. The number of aliphatic carboxylic acids is 1. The lowest BCUT2D eigenvalue weighted by atomic mass is 10.2. The number of nitrogens with zero attached hydrogens (tertiary/aromatic N) is 4. The highest BCUT2D eigenvalue weighted by Crippen LogP contribution is 2.41. The van der Waals surface area contributed by atoms with Crippen LogP contribution in [0.5, 0.6) is 5.75 Å². The van der Waals surface area contributed by atoms with Gasteiger partial charge in [0.05, 0.1) is 22.8 Å². The molecule has 2 N–H and O–H groups in total. The van der Waals surface area contributed by atoms with E-state index in [2.05, 4.69) is 35.7 Å². The summed E-state index contributed by atoms with van der Waals surface area (Å²) in [6, 6.07) is 10.1. The van der Waals surface area contributed by atoms with Gasteiger partial charge in [-0.3, -0.25) is 4.72 Å². The van der Waals surface area contributed by atoms with E-state index in [4.69, 9.17) is 20.2 Å². The molecule has 0 amide bonds. The van der Waals surface area contributed by atoms with Gasteiger partial charge in [0, 0.05) is 22.1 Å². The van der Waals surface area contributed by atoms with Crippen LogP contribution in [-0.4, -0.2) is 38.7 Å². The van der Waals surface area contributed by atoms with E-state index < -0.39 is 22.2 Å². The Labute approximate surface area is 214 Å². The number of halogens is 4.